The number of nitrogens with zero attached hydrogens (tertiary/aromatic N) is 2. The first-order valence-corrected chi connectivity index (χ1v) is 11.6. The fourth-order valence-corrected chi connectivity index (χ4v) is 5.11. The summed E-state index contributed by atoms with van der Waals surface area (Å²) in [6, 6.07) is 12.8. The zero-order valence-corrected chi connectivity index (χ0v) is 17.5. The van der Waals surface area contributed by atoms with E-state index in [9.17, 15) is 17.6 Å². The molecule has 1 amide bonds. The fourth-order valence-electron chi connectivity index (χ4n) is 3.51. The molecular weight excluding hydrogens is 391 g/mol. The standard InChI is InChI=1S/C22H27FN2O3S/c1-2-3-16-25(19-10-6-4-7-11-19)22(26)18-12-13-20(23)21(17-18)29(27,28)24-14-8-5-9-15-24/h4,6-7,10-13,17H,2-3,5,8-9,14-16H2,1H3. The maximum absolute atomic E-state index is 14.5. The van der Waals surface area contributed by atoms with Gasteiger partial charge in [0.15, 0.2) is 0 Å². The third kappa shape index (κ3) is 4.85. The van der Waals surface area contributed by atoms with E-state index in [0.717, 1.165) is 43.9 Å². The summed E-state index contributed by atoms with van der Waals surface area (Å²) in [7, 11) is -3.97. The average Bonchev–Trinajstić information content (AvgIpc) is 2.75. The van der Waals surface area contributed by atoms with E-state index < -0.39 is 20.7 Å². The number of carbonyl (C=O) groups excluding carboxylic acids is 1. The van der Waals surface area contributed by atoms with Gasteiger partial charge in [0.2, 0.25) is 10.0 Å². The summed E-state index contributed by atoms with van der Waals surface area (Å²) in [5.74, 6) is -1.16. The lowest BCUT2D eigenvalue weighted by Gasteiger charge is -2.26. The van der Waals surface area contributed by atoms with Gasteiger partial charge in [-0.1, -0.05) is 38.0 Å². The number of anilines is 1. The molecule has 1 aliphatic rings. The Morgan fingerprint density at radius 3 is 2.41 bits per heavy atom. The van der Waals surface area contributed by atoms with Crippen LogP contribution in [0.4, 0.5) is 10.1 Å². The highest BCUT2D eigenvalue weighted by Crippen LogP contribution is 2.25. The SMILES string of the molecule is CCCCN(C(=O)c1ccc(F)c(S(=O)(=O)N2CCCCC2)c1)c1ccccc1. The van der Waals surface area contributed by atoms with Gasteiger partial charge in [-0.2, -0.15) is 4.31 Å². The molecule has 156 valence electrons. The minimum Gasteiger partial charge on any atom is -0.308 e. The van der Waals surface area contributed by atoms with Crippen LogP contribution in [0.15, 0.2) is 53.4 Å². The monoisotopic (exact) mass is 418 g/mol. The summed E-state index contributed by atoms with van der Waals surface area (Å²) in [5, 5.41) is 0. The van der Waals surface area contributed by atoms with Crippen LogP contribution in [0.3, 0.4) is 0 Å². The highest BCUT2D eigenvalue weighted by atomic mass is 32.2. The summed E-state index contributed by atoms with van der Waals surface area (Å²) in [5.41, 5.74) is 0.901. The van der Waals surface area contributed by atoms with E-state index in [4.69, 9.17) is 0 Å². The van der Waals surface area contributed by atoms with Crippen molar-refractivity contribution < 1.29 is 17.6 Å². The number of amides is 1. The number of rotatable bonds is 7. The van der Waals surface area contributed by atoms with E-state index in [0.29, 0.717) is 19.6 Å². The molecule has 1 saturated heterocycles. The van der Waals surface area contributed by atoms with Crippen LogP contribution < -0.4 is 4.90 Å². The third-order valence-corrected chi connectivity index (χ3v) is 7.07. The Balaban J connectivity index is 1.95. The molecule has 5 nitrogen and oxygen atoms in total. The fraction of sp³-hybridized carbons (Fsp3) is 0.409. The van der Waals surface area contributed by atoms with Gasteiger partial charge in [-0.25, -0.2) is 12.8 Å². The first-order valence-electron chi connectivity index (χ1n) is 10.1. The molecule has 1 aliphatic heterocycles. The largest absolute Gasteiger partial charge is 0.308 e. The van der Waals surface area contributed by atoms with Crippen molar-refractivity contribution >= 4 is 21.6 Å². The second-order valence-corrected chi connectivity index (χ2v) is 9.16. The predicted molar refractivity (Wildman–Crippen MR) is 112 cm³/mol. The van der Waals surface area contributed by atoms with Crippen LogP contribution >= 0.6 is 0 Å². The minimum atomic E-state index is -3.97. The predicted octanol–water partition coefficient (Wildman–Crippen LogP) is 4.45. The molecule has 3 rings (SSSR count). The van der Waals surface area contributed by atoms with Crippen molar-refractivity contribution in [1.82, 2.24) is 4.31 Å². The molecule has 0 aromatic heterocycles. The first kappa shape index (κ1) is 21.5. The average molecular weight is 419 g/mol. The van der Waals surface area contributed by atoms with Crippen LogP contribution in [0.5, 0.6) is 0 Å². The minimum absolute atomic E-state index is 0.168. The quantitative estimate of drug-likeness (QED) is 0.668. The summed E-state index contributed by atoms with van der Waals surface area (Å²) in [6.45, 7) is 3.30. The number of benzene rings is 2. The van der Waals surface area contributed by atoms with Gasteiger partial charge in [-0.15, -0.1) is 0 Å². The third-order valence-electron chi connectivity index (χ3n) is 5.16. The Hall–Kier alpha value is -2.25. The lowest BCUT2D eigenvalue weighted by atomic mass is 10.1. The summed E-state index contributed by atoms with van der Waals surface area (Å²) >= 11 is 0. The van der Waals surface area contributed by atoms with Gasteiger partial charge in [0.25, 0.3) is 5.91 Å². The molecule has 0 radical (unpaired) electrons. The van der Waals surface area contributed by atoms with Crippen LogP contribution in [0.2, 0.25) is 0 Å². The Morgan fingerprint density at radius 2 is 1.76 bits per heavy atom. The summed E-state index contributed by atoms with van der Waals surface area (Å²) < 4.78 is 41.7. The number of carbonyl (C=O) groups is 1. The van der Waals surface area contributed by atoms with E-state index in [2.05, 4.69) is 0 Å². The maximum Gasteiger partial charge on any atom is 0.258 e. The van der Waals surface area contributed by atoms with E-state index in [-0.39, 0.29) is 11.5 Å². The number of hydrogen-bond acceptors (Lipinski definition) is 3. The van der Waals surface area contributed by atoms with Crippen LogP contribution in [0.1, 0.15) is 49.4 Å². The van der Waals surface area contributed by atoms with Gasteiger partial charge in [0.1, 0.15) is 10.7 Å². The molecule has 0 aliphatic carbocycles. The molecule has 0 atom stereocenters. The zero-order valence-electron chi connectivity index (χ0n) is 16.7. The van der Waals surface area contributed by atoms with Crippen LogP contribution in [0.25, 0.3) is 0 Å². The molecule has 1 heterocycles. The molecule has 1 fully saturated rings. The Labute approximate surface area is 172 Å². The molecule has 0 N–H and O–H groups in total. The van der Waals surface area contributed by atoms with Gasteiger partial charge >= 0.3 is 0 Å². The van der Waals surface area contributed by atoms with Crippen molar-refractivity contribution in [1.29, 1.82) is 0 Å². The van der Waals surface area contributed by atoms with Gasteiger partial charge in [0.05, 0.1) is 0 Å². The summed E-state index contributed by atoms with van der Waals surface area (Å²) in [6.07, 6.45) is 4.21. The van der Waals surface area contributed by atoms with Gasteiger partial charge < -0.3 is 4.90 Å². The molecule has 0 saturated carbocycles. The van der Waals surface area contributed by atoms with Crippen molar-refractivity contribution in [2.75, 3.05) is 24.5 Å². The zero-order chi connectivity index (χ0) is 20.9. The molecule has 0 bridgehead atoms. The second-order valence-electron chi connectivity index (χ2n) is 7.26. The number of piperidine rings is 1. The number of halogens is 1. The smallest absolute Gasteiger partial charge is 0.258 e. The van der Waals surface area contributed by atoms with Gasteiger partial charge in [-0.05, 0) is 49.6 Å². The van der Waals surface area contributed by atoms with Crippen molar-refractivity contribution in [3.8, 4) is 0 Å². The molecule has 2 aromatic rings. The Bertz CT molecular complexity index is 942. The molecule has 0 spiro atoms. The van der Waals surface area contributed by atoms with E-state index in [1.807, 2.05) is 37.3 Å². The normalized spacial score (nSPS) is 15.2. The Morgan fingerprint density at radius 1 is 1.07 bits per heavy atom. The number of unbranched alkanes of at least 4 members (excludes halogenated alkanes) is 1. The highest BCUT2D eigenvalue weighted by molar-refractivity contribution is 7.89. The van der Waals surface area contributed by atoms with Crippen LogP contribution in [-0.2, 0) is 10.0 Å². The lowest BCUT2D eigenvalue weighted by molar-refractivity contribution is 0.0986. The van der Waals surface area contributed by atoms with Crippen molar-refractivity contribution in [2.45, 2.75) is 43.9 Å². The van der Waals surface area contributed by atoms with Crippen molar-refractivity contribution in [2.24, 2.45) is 0 Å². The molecule has 7 heteroatoms. The van der Waals surface area contributed by atoms with E-state index >= 15 is 0 Å². The Kier molecular flexibility index (Phi) is 7.03. The topological polar surface area (TPSA) is 57.7 Å². The molecule has 0 unspecified atom stereocenters. The molecule has 2 aromatic carbocycles. The first-order chi connectivity index (χ1) is 13.9. The highest BCUT2D eigenvalue weighted by Gasteiger charge is 2.30. The lowest BCUT2D eigenvalue weighted by Crippen LogP contribution is -2.36. The van der Waals surface area contributed by atoms with Crippen LogP contribution in [-0.4, -0.2) is 38.3 Å². The van der Waals surface area contributed by atoms with E-state index in [1.165, 1.54) is 16.4 Å². The van der Waals surface area contributed by atoms with Gasteiger partial charge in [0, 0.05) is 30.9 Å². The second kappa shape index (κ2) is 9.50. The van der Waals surface area contributed by atoms with E-state index in [1.54, 1.807) is 4.90 Å². The molecule has 29 heavy (non-hydrogen) atoms. The maximum atomic E-state index is 14.5. The van der Waals surface area contributed by atoms with Gasteiger partial charge in [-0.3, -0.25) is 4.79 Å². The van der Waals surface area contributed by atoms with Crippen molar-refractivity contribution in [3.63, 3.8) is 0 Å². The van der Waals surface area contributed by atoms with Crippen molar-refractivity contribution in [3.05, 3.63) is 59.9 Å². The van der Waals surface area contributed by atoms with Crippen LogP contribution in [0, 0.1) is 5.82 Å². The summed E-state index contributed by atoms with van der Waals surface area (Å²) in [4.78, 5) is 14.4. The number of hydrogen-bond donors (Lipinski definition) is 0. The molecular formula is C22H27FN2O3S. The number of sulfonamides is 1. The number of para-hydroxylation sites is 1.